The minimum atomic E-state index is -0.573. The molecule has 0 saturated heterocycles. The largest absolute Gasteiger partial charge is 0.494 e. The molecule has 2 rings (SSSR count). The number of hydrogen-bond donors (Lipinski definition) is 1. The summed E-state index contributed by atoms with van der Waals surface area (Å²) in [4.78, 5) is 12.5. The SMILES string of the molecule is CCOc1ccc(C(C)NC(=O)C(C)Oc2ccc(C(C)(C)C)cc2)cc1. The van der Waals surface area contributed by atoms with Crippen molar-refractivity contribution in [2.75, 3.05) is 6.61 Å². The van der Waals surface area contributed by atoms with Gasteiger partial charge in [0.2, 0.25) is 0 Å². The number of hydrogen-bond acceptors (Lipinski definition) is 3. The van der Waals surface area contributed by atoms with Gasteiger partial charge in [0.1, 0.15) is 11.5 Å². The van der Waals surface area contributed by atoms with Crippen molar-refractivity contribution in [2.24, 2.45) is 0 Å². The Morgan fingerprint density at radius 2 is 1.52 bits per heavy atom. The molecule has 0 bridgehead atoms. The lowest BCUT2D eigenvalue weighted by molar-refractivity contribution is -0.127. The first kappa shape index (κ1) is 20.8. The van der Waals surface area contributed by atoms with Crippen LogP contribution in [0.2, 0.25) is 0 Å². The van der Waals surface area contributed by atoms with Crippen molar-refractivity contribution in [3.8, 4) is 11.5 Å². The first-order valence-electron chi connectivity index (χ1n) is 9.51. The maximum absolute atomic E-state index is 12.5. The monoisotopic (exact) mass is 369 g/mol. The fourth-order valence-electron chi connectivity index (χ4n) is 2.72. The van der Waals surface area contributed by atoms with Gasteiger partial charge in [0, 0.05) is 0 Å². The first-order chi connectivity index (χ1) is 12.7. The van der Waals surface area contributed by atoms with Gasteiger partial charge >= 0.3 is 0 Å². The predicted octanol–water partition coefficient (Wildman–Crippen LogP) is 5.03. The highest BCUT2D eigenvalue weighted by molar-refractivity contribution is 5.81. The second-order valence-corrected chi connectivity index (χ2v) is 7.77. The first-order valence-corrected chi connectivity index (χ1v) is 9.51. The molecule has 2 unspecified atom stereocenters. The van der Waals surface area contributed by atoms with E-state index in [-0.39, 0.29) is 17.4 Å². The highest BCUT2D eigenvalue weighted by atomic mass is 16.5. The topological polar surface area (TPSA) is 47.6 Å². The van der Waals surface area contributed by atoms with Gasteiger partial charge in [-0.05, 0) is 61.6 Å². The lowest BCUT2D eigenvalue weighted by Crippen LogP contribution is -2.37. The third-order valence-corrected chi connectivity index (χ3v) is 4.45. The van der Waals surface area contributed by atoms with Crippen molar-refractivity contribution in [3.05, 3.63) is 59.7 Å². The van der Waals surface area contributed by atoms with Crippen LogP contribution in [-0.4, -0.2) is 18.6 Å². The Balaban J connectivity index is 1.92. The number of carbonyl (C=O) groups excluding carboxylic acids is 1. The summed E-state index contributed by atoms with van der Waals surface area (Å²) in [6, 6.07) is 15.6. The van der Waals surface area contributed by atoms with E-state index in [2.05, 4.69) is 26.1 Å². The second kappa shape index (κ2) is 8.94. The molecule has 0 aliphatic rings. The summed E-state index contributed by atoms with van der Waals surface area (Å²) < 4.78 is 11.2. The smallest absolute Gasteiger partial charge is 0.261 e. The summed E-state index contributed by atoms with van der Waals surface area (Å²) >= 11 is 0. The molecule has 0 spiro atoms. The fourth-order valence-corrected chi connectivity index (χ4v) is 2.72. The number of nitrogens with one attached hydrogen (secondary N) is 1. The Labute approximate surface area is 162 Å². The molecule has 0 aliphatic heterocycles. The molecular formula is C23H31NO3. The van der Waals surface area contributed by atoms with E-state index in [1.807, 2.05) is 62.4 Å². The molecule has 4 heteroatoms. The molecule has 0 radical (unpaired) electrons. The van der Waals surface area contributed by atoms with E-state index in [0.29, 0.717) is 12.4 Å². The zero-order valence-electron chi connectivity index (χ0n) is 17.2. The van der Waals surface area contributed by atoms with E-state index in [0.717, 1.165) is 11.3 Å². The van der Waals surface area contributed by atoms with Crippen molar-refractivity contribution >= 4 is 5.91 Å². The van der Waals surface area contributed by atoms with Gasteiger partial charge in [-0.15, -0.1) is 0 Å². The summed E-state index contributed by atoms with van der Waals surface area (Å²) in [6.45, 7) is 12.8. The normalized spacial score (nSPS) is 13.6. The Kier molecular flexibility index (Phi) is 6.89. The Hall–Kier alpha value is -2.49. The summed E-state index contributed by atoms with van der Waals surface area (Å²) in [5.41, 5.74) is 2.35. The van der Waals surface area contributed by atoms with E-state index < -0.39 is 6.10 Å². The van der Waals surface area contributed by atoms with Gasteiger partial charge in [-0.2, -0.15) is 0 Å². The zero-order valence-corrected chi connectivity index (χ0v) is 17.2. The highest BCUT2D eigenvalue weighted by Gasteiger charge is 2.19. The number of ether oxygens (including phenoxy) is 2. The number of rotatable bonds is 7. The van der Waals surface area contributed by atoms with Crippen LogP contribution in [0.3, 0.4) is 0 Å². The second-order valence-electron chi connectivity index (χ2n) is 7.77. The van der Waals surface area contributed by atoms with Crippen LogP contribution in [0.25, 0.3) is 0 Å². The molecule has 1 amide bonds. The number of benzene rings is 2. The maximum atomic E-state index is 12.5. The van der Waals surface area contributed by atoms with E-state index in [9.17, 15) is 4.79 Å². The number of carbonyl (C=O) groups is 1. The molecule has 146 valence electrons. The lowest BCUT2D eigenvalue weighted by Gasteiger charge is -2.21. The highest BCUT2D eigenvalue weighted by Crippen LogP contribution is 2.25. The quantitative estimate of drug-likeness (QED) is 0.745. The van der Waals surface area contributed by atoms with Gasteiger partial charge in [0.15, 0.2) is 6.10 Å². The molecule has 0 heterocycles. The molecule has 2 atom stereocenters. The van der Waals surface area contributed by atoms with Crippen molar-refractivity contribution in [1.29, 1.82) is 0 Å². The van der Waals surface area contributed by atoms with Crippen LogP contribution < -0.4 is 14.8 Å². The number of amides is 1. The van der Waals surface area contributed by atoms with Crippen LogP contribution >= 0.6 is 0 Å². The van der Waals surface area contributed by atoms with Crippen LogP contribution in [0.1, 0.15) is 58.7 Å². The van der Waals surface area contributed by atoms with Crippen molar-refractivity contribution < 1.29 is 14.3 Å². The van der Waals surface area contributed by atoms with E-state index in [1.165, 1.54) is 5.56 Å². The minimum Gasteiger partial charge on any atom is -0.494 e. The zero-order chi connectivity index (χ0) is 20.0. The molecule has 0 aliphatic carbocycles. The predicted molar refractivity (Wildman–Crippen MR) is 109 cm³/mol. The maximum Gasteiger partial charge on any atom is 0.261 e. The van der Waals surface area contributed by atoms with Gasteiger partial charge in [0.05, 0.1) is 12.6 Å². The van der Waals surface area contributed by atoms with Crippen LogP contribution in [0.5, 0.6) is 11.5 Å². The summed E-state index contributed by atoms with van der Waals surface area (Å²) in [5, 5.41) is 3.00. The summed E-state index contributed by atoms with van der Waals surface area (Å²) in [7, 11) is 0. The molecule has 0 saturated carbocycles. The van der Waals surface area contributed by atoms with E-state index in [1.54, 1.807) is 6.92 Å². The third-order valence-electron chi connectivity index (χ3n) is 4.45. The Bertz CT molecular complexity index is 730. The molecule has 27 heavy (non-hydrogen) atoms. The van der Waals surface area contributed by atoms with Crippen LogP contribution in [-0.2, 0) is 10.2 Å². The summed E-state index contributed by atoms with van der Waals surface area (Å²) in [6.07, 6.45) is -0.573. The van der Waals surface area contributed by atoms with Gasteiger partial charge in [-0.3, -0.25) is 4.79 Å². The Morgan fingerprint density at radius 3 is 2.04 bits per heavy atom. The lowest BCUT2D eigenvalue weighted by atomic mass is 9.87. The molecule has 4 nitrogen and oxygen atoms in total. The van der Waals surface area contributed by atoms with Crippen LogP contribution in [0.15, 0.2) is 48.5 Å². The van der Waals surface area contributed by atoms with Crippen molar-refractivity contribution in [2.45, 2.75) is 59.1 Å². The molecular weight excluding hydrogens is 338 g/mol. The molecule has 0 fully saturated rings. The van der Waals surface area contributed by atoms with Crippen LogP contribution in [0.4, 0.5) is 0 Å². The minimum absolute atomic E-state index is 0.0919. The molecule has 2 aromatic rings. The average Bonchev–Trinajstić information content (AvgIpc) is 2.62. The van der Waals surface area contributed by atoms with E-state index in [4.69, 9.17) is 9.47 Å². The van der Waals surface area contributed by atoms with Crippen molar-refractivity contribution in [3.63, 3.8) is 0 Å². The third kappa shape index (κ3) is 6.02. The fraction of sp³-hybridized carbons (Fsp3) is 0.435. The molecule has 1 N–H and O–H groups in total. The van der Waals surface area contributed by atoms with Crippen molar-refractivity contribution in [1.82, 2.24) is 5.32 Å². The van der Waals surface area contributed by atoms with E-state index >= 15 is 0 Å². The van der Waals surface area contributed by atoms with Gasteiger partial charge < -0.3 is 14.8 Å². The van der Waals surface area contributed by atoms with Crippen LogP contribution in [0, 0.1) is 0 Å². The van der Waals surface area contributed by atoms with Gasteiger partial charge in [0.25, 0.3) is 5.91 Å². The Morgan fingerprint density at radius 1 is 0.963 bits per heavy atom. The van der Waals surface area contributed by atoms with Gasteiger partial charge in [-0.25, -0.2) is 0 Å². The summed E-state index contributed by atoms with van der Waals surface area (Å²) in [5.74, 6) is 1.38. The molecule has 2 aromatic carbocycles. The van der Waals surface area contributed by atoms with Gasteiger partial charge in [-0.1, -0.05) is 45.0 Å². The average molecular weight is 370 g/mol. The molecule has 0 aromatic heterocycles. The standard InChI is InChI=1S/C23H31NO3/c1-7-26-20-12-8-18(9-13-20)16(2)24-22(25)17(3)27-21-14-10-19(11-15-21)23(4,5)6/h8-17H,7H2,1-6H3,(H,24,25).